The zero-order valence-electron chi connectivity index (χ0n) is 15.4. The van der Waals surface area contributed by atoms with E-state index in [1.54, 1.807) is 24.3 Å². The number of carboxylic acids is 1. The molecular weight excluding hydrogens is 434 g/mol. The Bertz CT molecular complexity index is 882. The first kappa shape index (κ1) is 20.5. The lowest BCUT2D eigenvalue weighted by Crippen LogP contribution is -2.46. The lowest BCUT2D eigenvalue weighted by atomic mass is 9.70. The molecule has 2 aliphatic rings. The van der Waals surface area contributed by atoms with Crippen LogP contribution in [0.25, 0.3) is 0 Å². The van der Waals surface area contributed by atoms with Gasteiger partial charge in [0.2, 0.25) is 10.0 Å². The van der Waals surface area contributed by atoms with Gasteiger partial charge >= 0.3 is 5.97 Å². The Hall–Kier alpha value is -1.25. The number of benzene rings is 1. The molecule has 6 nitrogen and oxygen atoms in total. The number of fused-ring (bicyclic) bond motifs is 2. The molecule has 3 rings (SSSR count). The van der Waals surface area contributed by atoms with E-state index in [9.17, 15) is 23.1 Å². The molecule has 0 saturated heterocycles. The number of hydrogen-bond donors (Lipinski definition) is 2. The predicted molar refractivity (Wildman–Crippen MR) is 105 cm³/mol. The molecule has 2 aliphatic carbocycles. The summed E-state index contributed by atoms with van der Waals surface area (Å²) in [6.45, 7) is 3.96. The van der Waals surface area contributed by atoms with E-state index in [1.807, 2.05) is 13.8 Å². The van der Waals surface area contributed by atoms with E-state index in [0.29, 0.717) is 18.4 Å². The Balaban J connectivity index is 1.87. The average Bonchev–Trinajstić information content (AvgIpc) is 2.87. The number of Topliss-reactive ketones (excluding diaryl/α,β-unsaturated/α-hetero) is 1. The smallest absolute Gasteiger partial charge is 0.305 e. The van der Waals surface area contributed by atoms with Gasteiger partial charge in [0.05, 0.1) is 18.2 Å². The molecule has 2 bridgehead atoms. The van der Waals surface area contributed by atoms with Crippen molar-refractivity contribution in [2.24, 2.45) is 16.7 Å². The summed E-state index contributed by atoms with van der Waals surface area (Å²) in [7, 11) is -3.87. The Kier molecular flexibility index (Phi) is 5.29. The van der Waals surface area contributed by atoms with Crippen molar-refractivity contribution in [3.8, 4) is 0 Å². The summed E-state index contributed by atoms with van der Waals surface area (Å²) in [5.74, 6) is -1.14. The van der Waals surface area contributed by atoms with E-state index in [-0.39, 0.29) is 29.3 Å². The number of hydrogen-bond acceptors (Lipinski definition) is 4. The van der Waals surface area contributed by atoms with E-state index < -0.39 is 27.4 Å². The van der Waals surface area contributed by atoms with Gasteiger partial charge in [0.25, 0.3) is 0 Å². The van der Waals surface area contributed by atoms with Crippen molar-refractivity contribution in [3.05, 3.63) is 34.3 Å². The highest BCUT2D eigenvalue weighted by Gasteiger charge is 2.65. The third kappa shape index (κ3) is 3.71. The number of carbonyl (C=O) groups is 2. The maximum absolute atomic E-state index is 13.0. The third-order valence-corrected chi connectivity index (χ3v) is 8.54. The van der Waals surface area contributed by atoms with Crippen LogP contribution in [0.1, 0.15) is 51.1 Å². The fraction of sp³-hybridized carbons (Fsp3) is 0.579. The molecule has 0 aromatic heterocycles. The van der Waals surface area contributed by atoms with E-state index in [4.69, 9.17) is 0 Å². The zero-order valence-corrected chi connectivity index (χ0v) is 17.8. The molecule has 0 amide bonds. The molecule has 27 heavy (non-hydrogen) atoms. The van der Waals surface area contributed by atoms with Gasteiger partial charge in [-0.25, -0.2) is 13.1 Å². The van der Waals surface area contributed by atoms with Crippen LogP contribution in [0, 0.1) is 16.7 Å². The number of aliphatic carboxylic acids is 1. The first-order chi connectivity index (χ1) is 12.5. The van der Waals surface area contributed by atoms with Gasteiger partial charge in [-0.15, -0.1) is 0 Å². The summed E-state index contributed by atoms with van der Waals surface area (Å²) in [4.78, 5) is 23.9. The Morgan fingerprint density at radius 1 is 1.41 bits per heavy atom. The molecule has 0 radical (unpaired) electrons. The SMILES string of the molecule is CC1(C)[C@H]2CC[C@]1(CS(=O)(=O)N[C@@H](CC(=O)O)c1cccc(Br)c1)C(=O)C2. The molecule has 2 fully saturated rings. The maximum Gasteiger partial charge on any atom is 0.305 e. The number of halogens is 1. The van der Waals surface area contributed by atoms with Gasteiger partial charge in [-0.1, -0.05) is 41.9 Å². The van der Waals surface area contributed by atoms with Crippen molar-refractivity contribution in [2.75, 3.05) is 5.75 Å². The zero-order chi connectivity index (χ0) is 20.0. The van der Waals surface area contributed by atoms with Gasteiger partial charge in [-0.05, 0) is 41.9 Å². The van der Waals surface area contributed by atoms with Crippen LogP contribution in [0.4, 0.5) is 0 Å². The molecular formula is C19H24BrNO5S. The van der Waals surface area contributed by atoms with Gasteiger partial charge in [-0.3, -0.25) is 9.59 Å². The lowest BCUT2D eigenvalue weighted by Gasteiger charge is -2.36. The van der Waals surface area contributed by atoms with Crippen LogP contribution in [0.5, 0.6) is 0 Å². The highest BCUT2D eigenvalue weighted by Crippen LogP contribution is 2.64. The van der Waals surface area contributed by atoms with Gasteiger partial charge in [0, 0.05) is 16.3 Å². The van der Waals surface area contributed by atoms with Crippen LogP contribution in [0.15, 0.2) is 28.7 Å². The Labute approximate surface area is 167 Å². The number of rotatable bonds is 7. The highest BCUT2D eigenvalue weighted by atomic mass is 79.9. The normalized spacial score (nSPS) is 27.7. The van der Waals surface area contributed by atoms with E-state index >= 15 is 0 Å². The van der Waals surface area contributed by atoms with Crippen molar-refractivity contribution >= 4 is 37.7 Å². The van der Waals surface area contributed by atoms with Crippen LogP contribution >= 0.6 is 15.9 Å². The van der Waals surface area contributed by atoms with Crippen molar-refractivity contribution in [1.82, 2.24) is 4.72 Å². The molecule has 2 N–H and O–H groups in total. The number of ketones is 1. The van der Waals surface area contributed by atoms with Crippen LogP contribution in [0.2, 0.25) is 0 Å². The number of nitrogens with one attached hydrogen (secondary N) is 1. The second-order valence-electron chi connectivity index (χ2n) is 8.25. The van der Waals surface area contributed by atoms with E-state index in [1.165, 1.54) is 0 Å². The molecule has 0 heterocycles. The maximum atomic E-state index is 13.0. The molecule has 8 heteroatoms. The number of carbonyl (C=O) groups excluding carboxylic acids is 1. The van der Waals surface area contributed by atoms with Crippen molar-refractivity contribution < 1.29 is 23.1 Å². The van der Waals surface area contributed by atoms with Crippen LogP contribution in [-0.2, 0) is 19.6 Å². The first-order valence-corrected chi connectivity index (χ1v) is 11.4. The van der Waals surface area contributed by atoms with Gasteiger partial charge < -0.3 is 5.11 Å². The second-order valence-corrected chi connectivity index (χ2v) is 10.9. The minimum atomic E-state index is -3.87. The van der Waals surface area contributed by atoms with Gasteiger partial charge in [0.1, 0.15) is 5.78 Å². The summed E-state index contributed by atoms with van der Waals surface area (Å²) in [5.41, 5.74) is -0.681. The molecule has 2 saturated carbocycles. The number of carboxylic acid groups (broad SMARTS) is 1. The van der Waals surface area contributed by atoms with Crippen LogP contribution in [-0.4, -0.2) is 31.0 Å². The largest absolute Gasteiger partial charge is 0.481 e. The van der Waals surface area contributed by atoms with Crippen molar-refractivity contribution in [1.29, 1.82) is 0 Å². The van der Waals surface area contributed by atoms with E-state index in [2.05, 4.69) is 20.7 Å². The van der Waals surface area contributed by atoms with Gasteiger partial charge in [-0.2, -0.15) is 0 Å². The average molecular weight is 458 g/mol. The van der Waals surface area contributed by atoms with Crippen molar-refractivity contribution in [2.45, 2.75) is 45.6 Å². The summed E-state index contributed by atoms with van der Waals surface area (Å²) < 4.78 is 29.3. The molecule has 0 aliphatic heterocycles. The predicted octanol–water partition coefficient (Wildman–Crippen LogP) is 3.28. The monoisotopic (exact) mass is 457 g/mol. The summed E-state index contributed by atoms with van der Waals surface area (Å²) in [6, 6.07) is 6.01. The molecule has 1 aromatic carbocycles. The Morgan fingerprint density at radius 3 is 2.63 bits per heavy atom. The molecule has 3 atom stereocenters. The topological polar surface area (TPSA) is 101 Å². The fourth-order valence-electron chi connectivity index (χ4n) is 4.82. The second kappa shape index (κ2) is 6.97. The lowest BCUT2D eigenvalue weighted by molar-refractivity contribution is -0.137. The summed E-state index contributed by atoms with van der Waals surface area (Å²) in [5, 5.41) is 9.22. The Morgan fingerprint density at radius 2 is 2.11 bits per heavy atom. The molecule has 1 aromatic rings. The quantitative estimate of drug-likeness (QED) is 0.653. The minimum absolute atomic E-state index is 0.0198. The van der Waals surface area contributed by atoms with Gasteiger partial charge in [0.15, 0.2) is 0 Å². The third-order valence-electron chi connectivity index (χ3n) is 6.53. The van der Waals surface area contributed by atoms with Crippen LogP contribution in [0.3, 0.4) is 0 Å². The minimum Gasteiger partial charge on any atom is -0.481 e. The standard InChI is InChI=1S/C19H24BrNO5S/c1-18(2)13-6-7-19(18,16(22)9-13)11-27(25,26)21-15(10-17(23)24)12-4-3-5-14(20)8-12/h3-5,8,13,15,21H,6-7,9-11H2,1-2H3,(H,23,24)/t13-,15-,19-/m0/s1. The van der Waals surface area contributed by atoms with Crippen LogP contribution < -0.4 is 4.72 Å². The van der Waals surface area contributed by atoms with Crippen molar-refractivity contribution in [3.63, 3.8) is 0 Å². The number of sulfonamides is 1. The molecule has 0 unspecified atom stereocenters. The van der Waals surface area contributed by atoms with E-state index in [0.717, 1.165) is 10.9 Å². The first-order valence-electron chi connectivity index (χ1n) is 8.97. The molecule has 0 spiro atoms. The summed E-state index contributed by atoms with van der Waals surface area (Å²) >= 11 is 3.33. The molecule has 148 valence electrons. The highest BCUT2D eigenvalue weighted by molar-refractivity contribution is 9.10. The summed E-state index contributed by atoms with van der Waals surface area (Å²) in [6.07, 6.45) is 1.50. The fourth-order valence-corrected chi connectivity index (χ4v) is 7.30.